The van der Waals surface area contributed by atoms with Crippen LogP contribution in [-0.2, 0) is 0 Å². The molecule has 0 atom stereocenters. The monoisotopic (exact) mass is 386 g/mol. The third-order valence-electron chi connectivity index (χ3n) is 5.25. The third-order valence-corrected chi connectivity index (χ3v) is 6.10. The second kappa shape index (κ2) is 6.91. The third kappa shape index (κ3) is 3.22. The van der Waals surface area contributed by atoms with Gasteiger partial charge >= 0.3 is 0 Å². The van der Waals surface area contributed by atoms with Crippen LogP contribution in [0.1, 0.15) is 36.9 Å². The number of benzene rings is 2. The Balaban J connectivity index is 1.65. The van der Waals surface area contributed by atoms with Gasteiger partial charge in [-0.2, -0.15) is 0 Å². The van der Waals surface area contributed by atoms with Crippen molar-refractivity contribution in [1.82, 2.24) is 9.97 Å². The SMILES string of the molecule is Cc1cc2cc(/N=C(\C3=CCCCC3)c3ccc4nc(N)sc4c3)ccc2[nH]1. The van der Waals surface area contributed by atoms with Gasteiger partial charge in [-0.3, -0.25) is 0 Å². The predicted octanol–water partition coefficient (Wildman–Crippen LogP) is 6.29. The molecule has 4 aromatic rings. The lowest BCUT2D eigenvalue weighted by molar-refractivity contribution is 0.717. The molecule has 1 aliphatic rings. The highest BCUT2D eigenvalue weighted by molar-refractivity contribution is 7.22. The minimum absolute atomic E-state index is 0.607. The Morgan fingerprint density at radius 2 is 2.07 bits per heavy atom. The van der Waals surface area contributed by atoms with Gasteiger partial charge in [-0.1, -0.05) is 23.5 Å². The van der Waals surface area contributed by atoms with Crippen molar-refractivity contribution in [1.29, 1.82) is 0 Å². The van der Waals surface area contributed by atoms with E-state index in [4.69, 9.17) is 10.7 Å². The fourth-order valence-electron chi connectivity index (χ4n) is 3.93. The molecule has 2 aromatic carbocycles. The van der Waals surface area contributed by atoms with Crippen LogP contribution in [0, 0.1) is 6.92 Å². The zero-order chi connectivity index (χ0) is 19.1. The lowest BCUT2D eigenvalue weighted by atomic mass is 9.92. The van der Waals surface area contributed by atoms with E-state index >= 15 is 0 Å². The van der Waals surface area contributed by atoms with E-state index < -0.39 is 0 Å². The first kappa shape index (κ1) is 17.2. The molecule has 0 bridgehead atoms. The van der Waals surface area contributed by atoms with Crippen molar-refractivity contribution < 1.29 is 0 Å². The Morgan fingerprint density at radius 1 is 1.14 bits per heavy atom. The van der Waals surface area contributed by atoms with Crippen LogP contribution in [0.25, 0.3) is 21.1 Å². The Morgan fingerprint density at radius 3 is 2.93 bits per heavy atom. The molecule has 2 aromatic heterocycles. The number of aromatic nitrogens is 2. The van der Waals surface area contributed by atoms with Gasteiger partial charge in [0.2, 0.25) is 0 Å². The number of H-pyrrole nitrogens is 1. The number of aromatic amines is 1. The van der Waals surface area contributed by atoms with E-state index in [1.807, 2.05) is 0 Å². The van der Waals surface area contributed by atoms with E-state index in [0.717, 1.165) is 45.5 Å². The number of hydrogen-bond donors (Lipinski definition) is 2. The fourth-order valence-corrected chi connectivity index (χ4v) is 4.70. The van der Waals surface area contributed by atoms with Crippen LogP contribution < -0.4 is 5.73 Å². The largest absolute Gasteiger partial charge is 0.375 e. The number of thiazole rings is 1. The Labute approximate surface area is 167 Å². The Hall–Kier alpha value is -2.92. The average Bonchev–Trinajstić information content (AvgIpc) is 3.26. The van der Waals surface area contributed by atoms with Crippen LogP contribution >= 0.6 is 11.3 Å². The quantitative estimate of drug-likeness (QED) is 0.406. The Bertz CT molecular complexity index is 1240. The first-order chi connectivity index (χ1) is 13.7. The van der Waals surface area contributed by atoms with Gasteiger partial charge in [-0.15, -0.1) is 0 Å². The number of nitrogen functional groups attached to an aromatic ring is 1. The predicted molar refractivity (Wildman–Crippen MR) is 120 cm³/mol. The second-order valence-electron chi connectivity index (χ2n) is 7.39. The molecule has 5 rings (SSSR count). The van der Waals surface area contributed by atoms with Crippen molar-refractivity contribution in [3.8, 4) is 0 Å². The molecular weight excluding hydrogens is 364 g/mol. The molecule has 28 heavy (non-hydrogen) atoms. The zero-order valence-electron chi connectivity index (χ0n) is 15.8. The van der Waals surface area contributed by atoms with E-state index in [2.05, 4.69) is 65.4 Å². The van der Waals surface area contributed by atoms with Crippen molar-refractivity contribution >= 4 is 49.0 Å². The molecule has 0 fully saturated rings. The van der Waals surface area contributed by atoms with Gasteiger partial charge in [0.1, 0.15) is 0 Å². The number of nitrogens with one attached hydrogen (secondary N) is 1. The smallest absolute Gasteiger partial charge is 0.181 e. The second-order valence-corrected chi connectivity index (χ2v) is 8.46. The van der Waals surface area contributed by atoms with Gasteiger partial charge in [-0.05, 0) is 74.6 Å². The minimum Gasteiger partial charge on any atom is -0.375 e. The molecule has 0 saturated carbocycles. The molecule has 140 valence electrons. The number of nitrogens with two attached hydrogens (primary N) is 1. The number of fused-ring (bicyclic) bond motifs is 2. The van der Waals surface area contributed by atoms with Crippen LogP contribution in [0.5, 0.6) is 0 Å². The molecule has 0 aliphatic heterocycles. The van der Waals surface area contributed by atoms with Gasteiger partial charge in [0.15, 0.2) is 5.13 Å². The van der Waals surface area contributed by atoms with Crippen molar-refractivity contribution in [2.75, 3.05) is 5.73 Å². The van der Waals surface area contributed by atoms with E-state index in [1.54, 1.807) is 0 Å². The molecule has 2 heterocycles. The van der Waals surface area contributed by atoms with E-state index in [1.165, 1.54) is 40.8 Å². The standard InChI is InChI=1S/C23H22N4S/c1-14-11-17-12-18(8-10-19(17)25-14)26-22(15-5-3-2-4-6-15)16-7-9-20-21(13-16)28-23(24)27-20/h5,7-13,25H,2-4,6H2,1H3,(H2,24,27)/b26-22+. The number of hydrogen-bond acceptors (Lipinski definition) is 4. The number of nitrogens with zero attached hydrogens (tertiary/aromatic N) is 2. The highest BCUT2D eigenvalue weighted by atomic mass is 32.1. The zero-order valence-corrected chi connectivity index (χ0v) is 16.6. The normalized spacial score (nSPS) is 15.3. The van der Waals surface area contributed by atoms with Crippen molar-refractivity contribution in [3.05, 3.63) is 65.4 Å². The van der Waals surface area contributed by atoms with Crippen molar-refractivity contribution in [2.24, 2.45) is 4.99 Å². The topological polar surface area (TPSA) is 67.1 Å². The maximum atomic E-state index is 5.90. The lowest BCUT2D eigenvalue weighted by Crippen LogP contribution is -2.08. The summed E-state index contributed by atoms with van der Waals surface area (Å²) in [6, 6.07) is 14.9. The van der Waals surface area contributed by atoms with Crippen LogP contribution in [0.2, 0.25) is 0 Å². The summed E-state index contributed by atoms with van der Waals surface area (Å²) in [4.78, 5) is 12.9. The van der Waals surface area contributed by atoms with Gasteiger partial charge in [0, 0.05) is 22.2 Å². The molecule has 4 nitrogen and oxygen atoms in total. The molecule has 0 radical (unpaired) electrons. The van der Waals surface area contributed by atoms with Crippen LogP contribution in [0.3, 0.4) is 0 Å². The summed E-state index contributed by atoms with van der Waals surface area (Å²) < 4.78 is 1.11. The summed E-state index contributed by atoms with van der Waals surface area (Å²) in [5.41, 5.74) is 13.7. The molecule has 1 aliphatic carbocycles. The number of aryl methyl sites for hydroxylation is 1. The molecule has 0 spiro atoms. The maximum absolute atomic E-state index is 5.90. The summed E-state index contributed by atoms with van der Waals surface area (Å²) in [7, 11) is 0. The highest BCUT2D eigenvalue weighted by Crippen LogP contribution is 2.30. The number of anilines is 1. The molecule has 0 saturated heterocycles. The summed E-state index contributed by atoms with van der Waals surface area (Å²) in [5, 5.41) is 1.80. The molecular formula is C23H22N4S. The lowest BCUT2D eigenvalue weighted by Gasteiger charge is -2.16. The first-order valence-corrected chi connectivity index (χ1v) is 10.5. The highest BCUT2D eigenvalue weighted by Gasteiger charge is 2.15. The fraction of sp³-hybridized carbons (Fsp3) is 0.217. The van der Waals surface area contributed by atoms with E-state index in [-0.39, 0.29) is 0 Å². The molecule has 3 N–H and O–H groups in total. The average molecular weight is 387 g/mol. The maximum Gasteiger partial charge on any atom is 0.181 e. The molecule has 5 heteroatoms. The van der Waals surface area contributed by atoms with Crippen molar-refractivity contribution in [2.45, 2.75) is 32.6 Å². The Kier molecular flexibility index (Phi) is 4.24. The van der Waals surface area contributed by atoms with Gasteiger partial charge in [-0.25, -0.2) is 9.98 Å². The first-order valence-electron chi connectivity index (χ1n) is 9.70. The van der Waals surface area contributed by atoms with Gasteiger partial charge < -0.3 is 10.7 Å². The molecule has 0 amide bonds. The number of aliphatic imine (C=N–C) groups is 1. The summed E-state index contributed by atoms with van der Waals surface area (Å²) >= 11 is 1.53. The van der Waals surface area contributed by atoms with E-state index in [9.17, 15) is 0 Å². The van der Waals surface area contributed by atoms with Crippen LogP contribution in [0.4, 0.5) is 10.8 Å². The van der Waals surface area contributed by atoms with Crippen LogP contribution in [0.15, 0.2) is 59.1 Å². The number of allylic oxidation sites excluding steroid dienone is 2. The van der Waals surface area contributed by atoms with Gasteiger partial charge in [0.25, 0.3) is 0 Å². The van der Waals surface area contributed by atoms with Crippen molar-refractivity contribution in [3.63, 3.8) is 0 Å². The summed E-state index contributed by atoms with van der Waals surface area (Å²) in [6.07, 6.45) is 7.03. The minimum atomic E-state index is 0.607. The number of rotatable bonds is 3. The van der Waals surface area contributed by atoms with Gasteiger partial charge in [0.05, 0.1) is 21.6 Å². The van der Waals surface area contributed by atoms with Crippen LogP contribution in [-0.4, -0.2) is 15.7 Å². The van der Waals surface area contributed by atoms with E-state index in [0.29, 0.717) is 5.13 Å². The molecule has 0 unspecified atom stereocenters. The summed E-state index contributed by atoms with van der Waals surface area (Å²) in [6.45, 7) is 2.08. The summed E-state index contributed by atoms with van der Waals surface area (Å²) in [5.74, 6) is 0.